The summed E-state index contributed by atoms with van der Waals surface area (Å²) in [6, 6.07) is 13.4. The van der Waals surface area contributed by atoms with E-state index in [0.717, 1.165) is 22.5 Å². The minimum Gasteiger partial charge on any atom is -0.378 e. The Bertz CT molecular complexity index is 726. The molecule has 2 aromatic carbocycles. The molecule has 0 unspecified atom stereocenters. The number of amides is 1. The molecule has 24 heavy (non-hydrogen) atoms. The molecular formula is C18H21ClN4O. The summed E-state index contributed by atoms with van der Waals surface area (Å²) in [6.07, 6.45) is 1.62. The molecule has 0 radical (unpaired) electrons. The van der Waals surface area contributed by atoms with E-state index in [2.05, 4.69) is 15.8 Å². The first-order chi connectivity index (χ1) is 11.5. The first-order valence-corrected chi connectivity index (χ1v) is 7.93. The topological polar surface area (TPSA) is 56.7 Å². The van der Waals surface area contributed by atoms with Gasteiger partial charge < -0.3 is 10.2 Å². The summed E-state index contributed by atoms with van der Waals surface area (Å²) in [5, 5.41) is 7.70. The highest BCUT2D eigenvalue weighted by molar-refractivity contribution is 6.30. The summed E-state index contributed by atoms with van der Waals surface area (Å²) >= 11 is 5.90. The predicted octanol–water partition coefficient (Wildman–Crippen LogP) is 3.28. The fourth-order valence-electron chi connectivity index (χ4n) is 2.08. The monoisotopic (exact) mass is 344 g/mol. The number of hydrogen-bond acceptors (Lipinski definition) is 4. The summed E-state index contributed by atoms with van der Waals surface area (Å²) in [5.74, 6) is -0.217. The lowest BCUT2D eigenvalue weighted by Gasteiger charge is -2.11. The van der Waals surface area contributed by atoms with Crippen molar-refractivity contribution in [3.05, 3.63) is 58.6 Å². The minimum atomic E-state index is -0.217. The average Bonchev–Trinajstić information content (AvgIpc) is 2.54. The van der Waals surface area contributed by atoms with E-state index in [1.165, 1.54) is 0 Å². The molecule has 5 nitrogen and oxygen atoms in total. The summed E-state index contributed by atoms with van der Waals surface area (Å²) in [5.41, 5.74) is 6.39. The number of carbonyl (C=O) groups is 1. The molecule has 126 valence electrons. The SMILES string of the molecule is Cc1cc(Cl)ccc1NCC(=O)N/N=C/c1ccc(N(C)C)cc1. The molecule has 0 spiro atoms. The minimum absolute atomic E-state index is 0.138. The van der Waals surface area contributed by atoms with Crippen LogP contribution in [0.25, 0.3) is 0 Å². The average molecular weight is 345 g/mol. The van der Waals surface area contributed by atoms with Gasteiger partial charge in [0.1, 0.15) is 0 Å². The Balaban J connectivity index is 1.82. The van der Waals surface area contributed by atoms with Crippen LogP contribution in [0, 0.1) is 6.92 Å². The number of halogens is 1. The van der Waals surface area contributed by atoms with Crippen LogP contribution in [-0.4, -0.2) is 32.8 Å². The van der Waals surface area contributed by atoms with Gasteiger partial charge in [-0.3, -0.25) is 4.79 Å². The lowest BCUT2D eigenvalue weighted by molar-refractivity contribution is -0.119. The molecule has 2 aromatic rings. The van der Waals surface area contributed by atoms with E-state index in [4.69, 9.17) is 11.6 Å². The smallest absolute Gasteiger partial charge is 0.259 e. The van der Waals surface area contributed by atoms with Gasteiger partial charge in [-0.1, -0.05) is 23.7 Å². The maximum Gasteiger partial charge on any atom is 0.259 e. The van der Waals surface area contributed by atoms with E-state index >= 15 is 0 Å². The van der Waals surface area contributed by atoms with Crippen molar-refractivity contribution in [1.82, 2.24) is 5.43 Å². The molecule has 0 fully saturated rings. The fourth-order valence-corrected chi connectivity index (χ4v) is 2.30. The maximum absolute atomic E-state index is 11.8. The lowest BCUT2D eigenvalue weighted by atomic mass is 10.2. The Morgan fingerprint density at radius 2 is 1.92 bits per heavy atom. The van der Waals surface area contributed by atoms with Crippen LogP contribution in [-0.2, 0) is 4.79 Å². The zero-order valence-electron chi connectivity index (χ0n) is 14.0. The molecule has 0 aliphatic rings. The number of nitrogens with zero attached hydrogens (tertiary/aromatic N) is 2. The van der Waals surface area contributed by atoms with Gasteiger partial charge in [0.25, 0.3) is 5.91 Å². The van der Waals surface area contributed by atoms with Crippen molar-refractivity contribution in [3.63, 3.8) is 0 Å². The molecule has 0 heterocycles. The van der Waals surface area contributed by atoms with Gasteiger partial charge in [0.2, 0.25) is 0 Å². The molecule has 0 aromatic heterocycles. The number of rotatable bonds is 6. The zero-order valence-corrected chi connectivity index (χ0v) is 14.8. The second-order valence-electron chi connectivity index (χ2n) is 5.59. The number of aryl methyl sites for hydroxylation is 1. The van der Waals surface area contributed by atoms with Gasteiger partial charge in [-0.05, 0) is 48.4 Å². The van der Waals surface area contributed by atoms with E-state index in [1.807, 2.05) is 62.3 Å². The second kappa shape index (κ2) is 8.36. The van der Waals surface area contributed by atoms with Crippen molar-refractivity contribution in [2.45, 2.75) is 6.92 Å². The van der Waals surface area contributed by atoms with Crippen molar-refractivity contribution >= 4 is 35.1 Å². The molecule has 2 rings (SSSR count). The number of benzene rings is 2. The van der Waals surface area contributed by atoms with E-state index in [9.17, 15) is 4.79 Å². The Labute approximate surface area is 147 Å². The standard InChI is InChI=1S/C18H21ClN4O/c1-13-10-15(19)6-9-17(13)20-12-18(24)22-21-11-14-4-7-16(8-5-14)23(2)3/h4-11,20H,12H2,1-3H3,(H,22,24)/b21-11+. The third-order valence-corrected chi connectivity index (χ3v) is 3.68. The highest BCUT2D eigenvalue weighted by Crippen LogP contribution is 2.19. The van der Waals surface area contributed by atoms with Gasteiger partial charge in [0, 0.05) is 30.5 Å². The van der Waals surface area contributed by atoms with Crippen molar-refractivity contribution < 1.29 is 4.79 Å². The van der Waals surface area contributed by atoms with Gasteiger partial charge >= 0.3 is 0 Å². The van der Waals surface area contributed by atoms with Crippen molar-refractivity contribution in [2.24, 2.45) is 5.10 Å². The largest absolute Gasteiger partial charge is 0.378 e. The van der Waals surface area contributed by atoms with Crippen LogP contribution in [0.1, 0.15) is 11.1 Å². The maximum atomic E-state index is 11.8. The normalized spacial score (nSPS) is 10.7. The van der Waals surface area contributed by atoms with Crippen LogP contribution < -0.4 is 15.6 Å². The van der Waals surface area contributed by atoms with Crippen LogP contribution in [0.3, 0.4) is 0 Å². The van der Waals surface area contributed by atoms with Gasteiger partial charge in [-0.2, -0.15) is 5.10 Å². The van der Waals surface area contributed by atoms with Gasteiger partial charge in [-0.15, -0.1) is 0 Å². The van der Waals surface area contributed by atoms with Crippen LogP contribution in [0.5, 0.6) is 0 Å². The Hall–Kier alpha value is -2.53. The Morgan fingerprint density at radius 1 is 1.21 bits per heavy atom. The van der Waals surface area contributed by atoms with Crippen LogP contribution >= 0.6 is 11.6 Å². The van der Waals surface area contributed by atoms with E-state index in [0.29, 0.717) is 5.02 Å². The second-order valence-corrected chi connectivity index (χ2v) is 6.03. The molecule has 0 saturated heterocycles. The number of nitrogens with one attached hydrogen (secondary N) is 2. The number of carbonyl (C=O) groups excluding carboxylic acids is 1. The number of anilines is 2. The van der Waals surface area contributed by atoms with E-state index < -0.39 is 0 Å². The van der Waals surface area contributed by atoms with Crippen molar-refractivity contribution in [3.8, 4) is 0 Å². The lowest BCUT2D eigenvalue weighted by Crippen LogP contribution is -2.26. The highest BCUT2D eigenvalue weighted by Gasteiger charge is 2.02. The molecule has 1 amide bonds. The summed E-state index contributed by atoms with van der Waals surface area (Å²) in [6.45, 7) is 2.07. The Morgan fingerprint density at radius 3 is 2.54 bits per heavy atom. The summed E-state index contributed by atoms with van der Waals surface area (Å²) < 4.78 is 0. The molecule has 0 atom stereocenters. The van der Waals surface area contributed by atoms with Crippen LogP contribution in [0.2, 0.25) is 5.02 Å². The highest BCUT2D eigenvalue weighted by atomic mass is 35.5. The van der Waals surface area contributed by atoms with Gasteiger partial charge in [0.15, 0.2) is 0 Å². The molecule has 0 bridgehead atoms. The molecule has 6 heteroatoms. The molecule has 0 aliphatic carbocycles. The predicted molar refractivity (Wildman–Crippen MR) is 101 cm³/mol. The third-order valence-electron chi connectivity index (χ3n) is 3.44. The molecule has 0 aliphatic heterocycles. The quantitative estimate of drug-likeness (QED) is 0.624. The first kappa shape index (κ1) is 17.8. The van der Waals surface area contributed by atoms with Crippen LogP contribution in [0.15, 0.2) is 47.6 Å². The zero-order chi connectivity index (χ0) is 17.5. The summed E-state index contributed by atoms with van der Waals surface area (Å²) in [4.78, 5) is 13.8. The van der Waals surface area contributed by atoms with Gasteiger partial charge in [-0.25, -0.2) is 5.43 Å². The Kier molecular flexibility index (Phi) is 6.21. The van der Waals surface area contributed by atoms with E-state index in [1.54, 1.807) is 12.3 Å². The summed E-state index contributed by atoms with van der Waals surface area (Å²) in [7, 11) is 3.97. The first-order valence-electron chi connectivity index (χ1n) is 7.55. The van der Waals surface area contributed by atoms with Crippen molar-refractivity contribution in [2.75, 3.05) is 30.9 Å². The fraction of sp³-hybridized carbons (Fsp3) is 0.222. The molecule has 0 saturated carbocycles. The van der Waals surface area contributed by atoms with E-state index in [-0.39, 0.29) is 12.5 Å². The molecule has 2 N–H and O–H groups in total. The van der Waals surface area contributed by atoms with Crippen molar-refractivity contribution in [1.29, 1.82) is 0 Å². The third kappa shape index (κ3) is 5.28. The van der Waals surface area contributed by atoms with Crippen LogP contribution in [0.4, 0.5) is 11.4 Å². The number of hydrogen-bond donors (Lipinski definition) is 2. The molecular weight excluding hydrogens is 324 g/mol. The van der Waals surface area contributed by atoms with Gasteiger partial charge in [0.05, 0.1) is 12.8 Å². The number of hydrazone groups is 1.